The van der Waals surface area contributed by atoms with E-state index in [-0.39, 0.29) is 24.9 Å². The van der Waals surface area contributed by atoms with Gasteiger partial charge in [-0.3, -0.25) is 9.59 Å². The van der Waals surface area contributed by atoms with Crippen LogP contribution in [0.3, 0.4) is 0 Å². The maximum Gasteiger partial charge on any atom is 0.286 e. The second kappa shape index (κ2) is 22.0. The Morgan fingerprint density at radius 1 is 0.519 bits per heavy atom. The minimum atomic E-state index is -0.0568. The van der Waals surface area contributed by atoms with Crippen LogP contribution in [0.1, 0.15) is 22.3 Å². The van der Waals surface area contributed by atoms with E-state index in [0.29, 0.717) is 47.6 Å². The van der Waals surface area contributed by atoms with Gasteiger partial charge in [0.2, 0.25) is 24.6 Å². The molecule has 0 atom stereocenters. The van der Waals surface area contributed by atoms with E-state index in [2.05, 4.69) is 10.6 Å². The summed E-state index contributed by atoms with van der Waals surface area (Å²) in [5, 5.41) is 5.92. The number of pyridine rings is 2. The molecule has 2 aromatic carbocycles. The number of carbonyl (C=O) groups is 2. The molecule has 0 aliphatic rings. The predicted molar refractivity (Wildman–Crippen MR) is 214 cm³/mol. The number of ether oxygens (including phenoxy) is 6. The fraction of sp³-hybridized carbons (Fsp3) is 0.300. The van der Waals surface area contributed by atoms with E-state index in [1.165, 1.54) is 0 Å². The minimum Gasteiger partial charge on any atom is -0.493 e. The number of amides is 2. The summed E-state index contributed by atoms with van der Waals surface area (Å²) in [5.41, 5.74) is 3.77. The third kappa shape index (κ3) is 12.7. The summed E-state index contributed by atoms with van der Waals surface area (Å²) in [6.07, 6.45) is 15.4. The molecule has 12 nitrogen and oxygen atoms in total. The zero-order valence-electron chi connectivity index (χ0n) is 31.5. The number of methoxy groups -OCH3 is 6. The lowest BCUT2D eigenvalue weighted by atomic mass is 10.1. The first-order chi connectivity index (χ1) is 26.3. The Bertz CT molecular complexity index is 1700. The summed E-state index contributed by atoms with van der Waals surface area (Å²) in [6, 6.07) is 15.3. The molecule has 0 bridgehead atoms. The average Bonchev–Trinajstić information content (AvgIpc) is 3.20. The molecular weight excluding hydrogens is 729 g/mol. The Labute approximate surface area is 324 Å². The first-order valence-electron chi connectivity index (χ1n) is 17.0. The Balaban J connectivity index is 1.08. The quantitative estimate of drug-likeness (QED) is 0.0683. The average molecular weight is 777 g/mol. The van der Waals surface area contributed by atoms with Crippen molar-refractivity contribution in [2.45, 2.75) is 13.1 Å². The van der Waals surface area contributed by atoms with Crippen LogP contribution in [0, 0.1) is 0 Å². The first-order valence-corrected chi connectivity index (χ1v) is 19.5. The van der Waals surface area contributed by atoms with Crippen LogP contribution < -0.4 is 48.2 Å². The molecule has 0 spiro atoms. The summed E-state index contributed by atoms with van der Waals surface area (Å²) in [5.74, 6) is 4.85. The number of nitrogens with zero attached hydrogens (tertiary/aromatic N) is 2. The van der Waals surface area contributed by atoms with Crippen molar-refractivity contribution < 1.29 is 47.1 Å². The number of aromatic nitrogens is 2. The van der Waals surface area contributed by atoms with Gasteiger partial charge in [0.25, 0.3) is 11.8 Å². The molecule has 2 amide bonds. The van der Waals surface area contributed by atoms with Crippen LogP contribution in [0.25, 0.3) is 24.3 Å². The molecule has 4 aromatic rings. The van der Waals surface area contributed by atoms with Gasteiger partial charge in [-0.1, -0.05) is 45.9 Å². The van der Waals surface area contributed by atoms with E-state index in [0.717, 1.165) is 33.8 Å². The van der Waals surface area contributed by atoms with Gasteiger partial charge in [0.1, 0.15) is 0 Å². The fourth-order valence-corrected chi connectivity index (χ4v) is 6.99. The normalized spacial score (nSPS) is 11.0. The highest BCUT2D eigenvalue weighted by Gasteiger charge is 2.14. The third-order valence-electron chi connectivity index (χ3n) is 7.90. The summed E-state index contributed by atoms with van der Waals surface area (Å²) < 4.78 is 36.2. The van der Waals surface area contributed by atoms with Crippen molar-refractivity contribution in [2.75, 3.05) is 67.3 Å². The van der Waals surface area contributed by atoms with Crippen molar-refractivity contribution in [3.63, 3.8) is 0 Å². The minimum absolute atomic E-state index is 0.0568. The first kappa shape index (κ1) is 41.4. The highest BCUT2D eigenvalue weighted by Crippen LogP contribution is 2.39. The Kier molecular flexibility index (Phi) is 16.9. The van der Waals surface area contributed by atoms with Gasteiger partial charge in [0.05, 0.1) is 42.7 Å². The van der Waals surface area contributed by atoms with Gasteiger partial charge in [0, 0.05) is 48.9 Å². The Morgan fingerprint density at radius 2 is 0.833 bits per heavy atom. The molecule has 2 N–H and O–H groups in total. The van der Waals surface area contributed by atoms with Gasteiger partial charge in [-0.05, 0) is 46.5 Å². The van der Waals surface area contributed by atoms with Crippen molar-refractivity contribution >= 4 is 57.7 Å². The standard InChI is InChI=1S/C40H46N4O8S2/c1-47-33-23-31(24-34(48-2)39(33)51-5)9-7-29-11-17-43(18-12-29)27-37(45)41-15-21-53-54-22-16-42-38(46)28-44-19-13-30(14-20-44)8-10-32-25-35(49-3)40(52-6)36(26-32)50-4/h7-14,17-20,23-26H,15-16,21-22,27-28H2,1-6H3/p+2/b9-7+,10-8+. The molecule has 54 heavy (non-hydrogen) atoms. The Morgan fingerprint density at radius 3 is 1.13 bits per heavy atom. The van der Waals surface area contributed by atoms with Crippen LogP contribution in [-0.4, -0.2) is 79.1 Å². The van der Waals surface area contributed by atoms with Crippen LogP contribution in [-0.2, 0) is 22.7 Å². The lowest BCUT2D eigenvalue weighted by Crippen LogP contribution is -2.43. The van der Waals surface area contributed by atoms with Crippen molar-refractivity contribution in [3.8, 4) is 34.5 Å². The maximum absolute atomic E-state index is 12.5. The van der Waals surface area contributed by atoms with Crippen LogP contribution in [0.2, 0.25) is 0 Å². The predicted octanol–water partition coefficient (Wildman–Crippen LogP) is 4.97. The number of rotatable bonds is 21. The number of benzene rings is 2. The van der Waals surface area contributed by atoms with Crippen molar-refractivity contribution in [1.82, 2.24) is 10.6 Å². The molecule has 0 aliphatic heterocycles. The second-order valence-electron chi connectivity index (χ2n) is 11.5. The third-order valence-corrected chi connectivity index (χ3v) is 10.3. The zero-order chi connectivity index (χ0) is 38.7. The van der Waals surface area contributed by atoms with Gasteiger partial charge in [-0.2, -0.15) is 9.13 Å². The molecule has 0 unspecified atom stereocenters. The van der Waals surface area contributed by atoms with Crippen LogP contribution in [0.5, 0.6) is 34.5 Å². The molecular formula is C40H48N4O8S2+2. The summed E-state index contributed by atoms with van der Waals surface area (Å²) in [6.45, 7) is 1.58. The highest BCUT2D eigenvalue weighted by atomic mass is 33.1. The van der Waals surface area contributed by atoms with Gasteiger partial charge in [0.15, 0.2) is 47.8 Å². The molecule has 14 heteroatoms. The van der Waals surface area contributed by atoms with Crippen molar-refractivity contribution in [1.29, 1.82) is 0 Å². The van der Waals surface area contributed by atoms with E-state index in [1.54, 1.807) is 64.2 Å². The summed E-state index contributed by atoms with van der Waals surface area (Å²) in [4.78, 5) is 24.9. The topological polar surface area (TPSA) is 121 Å². The lowest BCUT2D eigenvalue weighted by molar-refractivity contribution is -0.684. The molecule has 2 aromatic heterocycles. The molecule has 286 valence electrons. The molecule has 0 fully saturated rings. The van der Waals surface area contributed by atoms with Gasteiger partial charge >= 0.3 is 0 Å². The van der Waals surface area contributed by atoms with Crippen LogP contribution >= 0.6 is 21.6 Å². The van der Waals surface area contributed by atoms with E-state index in [9.17, 15) is 9.59 Å². The molecule has 0 saturated carbocycles. The van der Waals surface area contributed by atoms with Gasteiger partial charge < -0.3 is 39.1 Å². The molecule has 2 heterocycles. The smallest absolute Gasteiger partial charge is 0.286 e. The number of hydrogen-bond acceptors (Lipinski definition) is 10. The van der Waals surface area contributed by atoms with E-state index in [4.69, 9.17) is 28.4 Å². The van der Waals surface area contributed by atoms with Crippen LogP contribution in [0.15, 0.2) is 73.3 Å². The number of nitrogens with one attached hydrogen (secondary N) is 2. The molecule has 4 rings (SSSR count). The summed E-state index contributed by atoms with van der Waals surface area (Å²) >= 11 is 0. The molecule has 0 aliphatic carbocycles. The van der Waals surface area contributed by atoms with Crippen LogP contribution in [0.4, 0.5) is 0 Å². The largest absolute Gasteiger partial charge is 0.493 e. The van der Waals surface area contributed by atoms with Crippen molar-refractivity contribution in [3.05, 3.63) is 95.6 Å². The van der Waals surface area contributed by atoms with E-state index < -0.39 is 0 Å². The fourth-order valence-electron chi connectivity index (χ4n) is 5.18. The molecule has 0 saturated heterocycles. The van der Waals surface area contributed by atoms with Gasteiger partial charge in [-0.25, -0.2) is 0 Å². The number of carbonyl (C=O) groups excluding carboxylic acids is 2. The Hall–Kier alpha value is -5.34. The second-order valence-corrected chi connectivity index (χ2v) is 14.2. The lowest BCUT2D eigenvalue weighted by Gasteiger charge is -2.12. The highest BCUT2D eigenvalue weighted by molar-refractivity contribution is 8.76. The monoisotopic (exact) mass is 776 g/mol. The number of hydrogen-bond donors (Lipinski definition) is 2. The van der Waals surface area contributed by atoms with E-state index in [1.807, 2.05) is 107 Å². The van der Waals surface area contributed by atoms with E-state index >= 15 is 0 Å². The zero-order valence-corrected chi connectivity index (χ0v) is 33.1. The van der Waals surface area contributed by atoms with Gasteiger partial charge in [-0.15, -0.1) is 0 Å². The summed E-state index contributed by atoms with van der Waals surface area (Å²) in [7, 11) is 12.8. The molecule has 0 radical (unpaired) electrons. The van der Waals surface area contributed by atoms with Crippen molar-refractivity contribution in [2.24, 2.45) is 0 Å². The SMILES string of the molecule is COc1cc(/C=C/c2cc[n+](CC(=O)NCCSSCCNC(=O)C[n+]3ccc(/C=C/c4cc(OC)c(OC)c(OC)c4)cc3)cc2)cc(OC)c1OC. The maximum atomic E-state index is 12.5.